The van der Waals surface area contributed by atoms with E-state index < -0.39 is 17.1 Å². The molecule has 0 saturated carbocycles. The first kappa shape index (κ1) is 10.9. The van der Waals surface area contributed by atoms with E-state index in [1.54, 1.807) is 0 Å². The Morgan fingerprint density at radius 2 is 1.80 bits per heavy atom. The maximum Gasteiger partial charge on any atom is 0.333 e. The monoisotopic (exact) mass is 211 g/mol. The molecule has 0 fully saturated rings. The van der Waals surface area contributed by atoms with E-state index in [0.29, 0.717) is 0 Å². The third-order valence-electron chi connectivity index (χ3n) is 1.74. The Hall–Kier alpha value is -2.18. The molecule has 0 aliphatic rings. The van der Waals surface area contributed by atoms with Crippen LogP contribution < -0.4 is 17.1 Å². The maximum atomic E-state index is 11.1. The van der Waals surface area contributed by atoms with Crippen molar-refractivity contribution in [3.05, 3.63) is 44.1 Å². The highest BCUT2D eigenvalue weighted by Gasteiger charge is 2.04. The van der Waals surface area contributed by atoms with Gasteiger partial charge in [0, 0.05) is 13.0 Å². The van der Waals surface area contributed by atoms with Crippen LogP contribution in [-0.2, 0) is 11.3 Å². The first-order chi connectivity index (χ1) is 7.04. The van der Waals surface area contributed by atoms with Gasteiger partial charge in [0.2, 0.25) is 0 Å². The normalized spacial score (nSPS) is 9.87. The number of H-pyrrole nitrogens is 2. The average Bonchev–Trinajstić information content (AvgIpc) is 2.15. The van der Waals surface area contributed by atoms with Crippen molar-refractivity contribution < 1.29 is 4.79 Å². The van der Waals surface area contributed by atoms with E-state index in [1.165, 1.54) is 0 Å². The molecule has 2 N–H and O–H groups in total. The summed E-state index contributed by atoms with van der Waals surface area (Å²) in [6.07, 6.45) is 1.09. The lowest BCUT2D eigenvalue weighted by Crippen LogP contribution is -2.43. The first-order valence-corrected chi connectivity index (χ1v) is 4.13. The second-order valence-corrected chi connectivity index (χ2v) is 2.76. The summed E-state index contributed by atoms with van der Waals surface area (Å²) in [6.45, 7) is 3.16. The highest BCUT2D eigenvalue weighted by Crippen LogP contribution is 1.85. The van der Waals surface area contributed by atoms with Crippen LogP contribution in [0.1, 0.15) is 6.42 Å². The second-order valence-electron chi connectivity index (χ2n) is 2.76. The number of carbonyl (C=O) groups excluding carboxylic acids is 1. The van der Waals surface area contributed by atoms with Crippen molar-refractivity contribution in [3.63, 3.8) is 0 Å². The van der Waals surface area contributed by atoms with Gasteiger partial charge in [-0.2, -0.15) is 0 Å². The predicted molar refractivity (Wildman–Crippen MR) is 51.8 cm³/mol. The molecule has 80 valence electrons. The lowest BCUT2D eigenvalue weighted by molar-refractivity contribution is -0.114. The van der Waals surface area contributed by atoms with Crippen LogP contribution in [0.3, 0.4) is 0 Å². The summed E-state index contributed by atoms with van der Waals surface area (Å²) in [4.78, 5) is 47.5. The van der Waals surface area contributed by atoms with Crippen LogP contribution in [0.5, 0.6) is 0 Å². The Kier molecular flexibility index (Phi) is 3.17. The predicted octanol–water partition coefficient (Wildman–Crippen LogP) is -1.63. The van der Waals surface area contributed by atoms with E-state index in [9.17, 15) is 19.2 Å². The number of aromatic nitrogens is 3. The Bertz CT molecular complexity index is 514. The summed E-state index contributed by atoms with van der Waals surface area (Å²) in [7, 11) is 0. The van der Waals surface area contributed by atoms with E-state index in [-0.39, 0.29) is 18.7 Å². The molecule has 7 heteroatoms. The van der Waals surface area contributed by atoms with E-state index in [0.717, 1.165) is 10.6 Å². The summed E-state index contributed by atoms with van der Waals surface area (Å²) in [5, 5.41) is 0. The van der Waals surface area contributed by atoms with Gasteiger partial charge in [0.1, 0.15) is 0 Å². The maximum absolute atomic E-state index is 11.1. The van der Waals surface area contributed by atoms with Gasteiger partial charge in [-0.3, -0.25) is 14.8 Å². The van der Waals surface area contributed by atoms with E-state index >= 15 is 0 Å². The standard InChI is InChI=1S/C8H9N3O4/c1-2-5(12)3-4-11-7(14)9-6(13)10-8(11)15/h2H,1,3-4H2,(H2,9,10,13,14,15). The van der Waals surface area contributed by atoms with Gasteiger partial charge in [-0.25, -0.2) is 19.0 Å². The van der Waals surface area contributed by atoms with Crippen LogP contribution in [-0.4, -0.2) is 20.3 Å². The molecule has 0 bridgehead atoms. The number of hydrogen-bond acceptors (Lipinski definition) is 4. The summed E-state index contributed by atoms with van der Waals surface area (Å²) >= 11 is 0. The zero-order valence-electron chi connectivity index (χ0n) is 7.78. The number of carbonyl (C=O) groups is 1. The van der Waals surface area contributed by atoms with Crippen molar-refractivity contribution in [1.29, 1.82) is 0 Å². The zero-order valence-corrected chi connectivity index (χ0v) is 7.78. The molecule has 0 saturated heterocycles. The molecule has 1 aromatic heterocycles. The van der Waals surface area contributed by atoms with Gasteiger partial charge < -0.3 is 0 Å². The number of ketones is 1. The van der Waals surface area contributed by atoms with E-state index in [1.807, 2.05) is 9.97 Å². The number of nitrogens with one attached hydrogen (secondary N) is 2. The van der Waals surface area contributed by atoms with Crippen LogP contribution in [0, 0.1) is 0 Å². The number of aromatic amines is 2. The third-order valence-corrected chi connectivity index (χ3v) is 1.74. The lowest BCUT2D eigenvalue weighted by atomic mass is 10.3. The quantitative estimate of drug-likeness (QED) is 0.583. The zero-order chi connectivity index (χ0) is 11.4. The molecule has 0 atom stereocenters. The van der Waals surface area contributed by atoms with Crippen molar-refractivity contribution in [3.8, 4) is 0 Å². The second kappa shape index (κ2) is 4.36. The number of nitrogens with zero attached hydrogens (tertiary/aromatic N) is 1. The highest BCUT2D eigenvalue weighted by molar-refractivity contribution is 5.88. The summed E-state index contributed by atoms with van der Waals surface area (Å²) < 4.78 is 0.739. The number of rotatable bonds is 4. The van der Waals surface area contributed by atoms with Gasteiger partial charge >= 0.3 is 17.1 Å². The topological polar surface area (TPSA) is 105 Å². The fourth-order valence-corrected chi connectivity index (χ4v) is 0.980. The fraction of sp³-hybridized carbons (Fsp3) is 0.250. The molecular formula is C8H9N3O4. The molecule has 0 unspecified atom stereocenters. The Balaban J connectivity index is 3.01. The molecule has 0 amide bonds. The summed E-state index contributed by atoms with van der Waals surface area (Å²) in [5.41, 5.74) is -2.53. The lowest BCUT2D eigenvalue weighted by Gasteiger charge is -1.99. The van der Waals surface area contributed by atoms with E-state index in [2.05, 4.69) is 6.58 Å². The van der Waals surface area contributed by atoms with Crippen molar-refractivity contribution >= 4 is 5.78 Å². The van der Waals surface area contributed by atoms with Crippen LogP contribution >= 0.6 is 0 Å². The molecule has 0 aliphatic heterocycles. The van der Waals surface area contributed by atoms with Crippen molar-refractivity contribution in [2.75, 3.05) is 0 Å². The molecule has 0 aromatic carbocycles. The van der Waals surface area contributed by atoms with Crippen molar-refractivity contribution in [2.24, 2.45) is 0 Å². The van der Waals surface area contributed by atoms with E-state index in [4.69, 9.17) is 0 Å². The number of allylic oxidation sites excluding steroid dienone is 1. The largest absolute Gasteiger partial charge is 0.333 e. The molecule has 15 heavy (non-hydrogen) atoms. The van der Waals surface area contributed by atoms with Crippen LogP contribution in [0.25, 0.3) is 0 Å². The smallest absolute Gasteiger partial charge is 0.295 e. The number of hydrogen-bond donors (Lipinski definition) is 2. The Morgan fingerprint density at radius 1 is 1.27 bits per heavy atom. The summed E-state index contributed by atoms with van der Waals surface area (Å²) in [6, 6.07) is 0. The molecule has 1 rings (SSSR count). The molecule has 0 radical (unpaired) electrons. The average molecular weight is 211 g/mol. The molecule has 1 aromatic rings. The van der Waals surface area contributed by atoms with Gasteiger partial charge in [0.25, 0.3) is 0 Å². The summed E-state index contributed by atoms with van der Waals surface area (Å²) in [5.74, 6) is -0.285. The van der Waals surface area contributed by atoms with Crippen LogP contribution in [0.4, 0.5) is 0 Å². The SMILES string of the molecule is C=CC(=O)CCn1c(=O)[nH]c(=O)[nH]c1=O. The molecule has 7 nitrogen and oxygen atoms in total. The minimum Gasteiger partial charge on any atom is -0.295 e. The minimum absolute atomic E-state index is 0.0153. The fourth-order valence-electron chi connectivity index (χ4n) is 0.980. The van der Waals surface area contributed by atoms with Crippen molar-refractivity contribution in [2.45, 2.75) is 13.0 Å². The Labute approximate surface area is 83.1 Å². The van der Waals surface area contributed by atoms with Gasteiger partial charge in [0.15, 0.2) is 5.78 Å². The van der Waals surface area contributed by atoms with Crippen LogP contribution in [0.15, 0.2) is 27.0 Å². The van der Waals surface area contributed by atoms with Crippen molar-refractivity contribution in [1.82, 2.24) is 14.5 Å². The Morgan fingerprint density at radius 3 is 2.27 bits per heavy atom. The minimum atomic E-state index is -0.865. The molecular weight excluding hydrogens is 202 g/mol. The first-order valence-electron chi connectivity index (χ1n) is 4.13. The molecule has 1 heterocycles. The third kappa shape index (κ3) is 2.63. The van der Waals surface area contributed by atoms with Gasteiger partial charge in [-0.15, -0.1) is 0 Å². The van der Waals surface area contributed by atoms with Gasteiger partial charge in [-0.05, 0) is 6.08 Å². The van der Waals surface area contributed by atoms with Gasteiger partial charge in [0.05, 0.1) is 0 Å². The molecule has 0 spiro atoms. The highest BCUT2D eigenvalue weighted by atomic mass is 16.2. The van der Waals surface area contributed by atoms with Gasteiger partial charge in [-0.1, -0.05) is 6.58 Å². The molecule has 0 aliphatic carbocycles. The van der Waals surface area contributed by atoms with Crippen LogP contribution in [0.2, 0.25) is 0 Å².